The summed E-state index contributed by atoms with van der Waals surface area (Å²) in [7, 11) is 0. The summed E-state index contributed by atoms with van der Waals surface area (Å²) >= 11 is 0. The fourth-order valence-electron chi connectivity index (χ4n) is 1.71. The van der Waals surface area contributed by atoms with Crippen molar-refractivity contribution in [3.05, 3.63) is 53.9 Å². The minimum atomic E-state index is -0.917. The summed E-state index contributed by atoms with van der Waals surface area (Å²) in [6.07, 6.45) is 1.47. The van der Waals surface area contributed by atoms with Gasteiger partial charge in [-0.15, -0.1) is 0 Å². The van der Waals surface area contributed by atoms with E-state index in [0.29, 0.717) is 16.9 Å². The van der Waals surface area contributed by atoms with E-state index >= 15 is 0 Å². The number of carboxylic acid groups (broad SMARTS) is 1. The van der Waals surface area contributed by atoms with E-state index < -0.39 is 12.0 Å². The number of carboxylic acids is 1. The highest BCUT2D eigenvalue weighted by Crippen LogP contribution is 2.11. The Morgan fingerprint density at radius 1 is 1.19 bits per heavy atom. The molecular formula is C14H14N4O3. The zero-order chi connectivity index (χ0) is 15.1. The van der Waals surface area contributed by atoms with Crippen LogP contribution in [0.15, 0.2) is 42.6 Å². The van der Waals surface area contributed by atoms with Gasteiger partial charge in [0.2, 0.25) is 0 Å². The van der Waals surface area contributed by atoms with Crippen LogP contribution in [-0.4, -0.2) is 27.3 Å². The van der Waals surface area contributed by atoms with Gasteiger partial charge in [-0.2, -0.15) is 10.2 Å². The van der Waals surface area contributed by atoms with Crippen molar-refractivity contribution >= 4 is 17.7 Å². The normalized spacial score (nSPS) is 9.90. The lowest BCUT2D eigenvalue weighted by atomic mass is 10.1. The van der Waals surface area contributed by atoms with Crippen LogP contribution < -0.4 is 10.6 Å². The molecule has 2 aromatic rings. The third-order valence-electron chi connectivity index (χ3n) is 2.60. The van der Waals surface area contributed by atoms with E-state index in [1.165, 1.54) is 0 Å². The molecule has 0 bridgehead atoms. The molecule has 0 unspecified atom stereocenters. The summed E-state index contributed by atoms with van der Waals surface area (Å²) in [5, 5.41) is 21.6. The first-order chi connectivity index (χ1) is 10.1. The third kappa shape index (κ3) is 4.90. The smallest absolute Gasteiger partial charge is 0.319 e. The summed E-state index contributed by atoms with van der Waals surface area (Å²) in [6.45, 7) is 0.258. The monoisotopic (exact) mass is 286 g/mol. The van der Waals surface area contributed by atoms with Crippen molar-refractivity contribution in [1.29, 1.82) is 0 Å². The molecule has 0 aliphatic heterocycles. The maximum atomic E-state index is 11.7. The number of nitrogens with zero attached hydrogens (tertiary/aromatic N) is 2. The quantitative estimate of drug-likeness (QED) is 0.771. The molecule has 0 radical (unpaired) electrons. The topological polar surface area (TPSA) is 104 Å². The second-order valence-corrected chi connectivity index (χ2v) is 4.29. The molecule has 1 aromatic heterocycles. The van der Waals surface area contributed by atoms with Crippen LogP contribution in [-0.2, 0) is 17.8 Å². The van der Waals surface area contributed by atoms with Crippen molar-refractivity contribution < 1.29 is 14.7 Å². The van der Waals surface area contributed by atoms with Crippen molar-refractivity contribution in [2.45, 2.75) is 13.0 Å². The van der Waals surface area contributed by atoms with Gasteiger partial charge in [-0.25, -0.2) is 4.79 Å². The maximum absolute atomic E-state index is 11.7. The lowest BCUT2D eigenvalue weighted by molar-refractivity contribution is -0.136. The first kappa shape index (κ1) is 14.4. The average molecular weight is 286 g/mol. The molecule has 1 aromatic carbocycles. The highest BCUT2D eigenvalue weighted by atomic mass is 16.4. The largest absolute Gasteiger partial charge is 0.481 e. The molecule has 7 heteroatoms. The van der Waals surface area contributed by atoms with Gasteiger partial charge in [-0.3, -0.25) is 4.79 Å². The number of carbonyl (C=O) groups is 2. The molecule has 108 valence electrons. The van der Waals surface area contributed by atoms with Crippen molar-refractivity contribution in [1.82, 2.24) is 15.5 Å². The molecular weight excluding hydrogens is 272 g/mol. The molecule has 0 aliphatic carbocycles. The van der Waals surface area contributed by atoms with E-state index in [4.69, 9.17) is 5.11 Å². The van der Waals surface area contributed by atoms with Crippen LogP contribution >= 0.6 is 0 Å². The molecule has 0 saturated carbocycles. The molecule has 0 atom stereocenters. The van der Waals surface area contributed by atoms with Crippen LogP contribution in [0.3, 0.4) is 0 Å². The molecule has 3 N–H and O–H groups in total. The highest BCUT2D eigenvalue weighted by molar-refractivity contribution is 5.89. The molecule has 0 spiro atoms. The van der Waals surface area contributed by atoms with Gasteiger partial charge in [0.1, 0.15) is 0 Å². The van der Waals surface area contributed by atoms with Gasteiger partial charge >= 0.3 is 12.0 Å². The van der Waals surface area contributed by atoms with Gasteiger partial charge in [0.05, 0.1) is 18.7 Å². The third-order valence-corrected chi connectivity index (χ3v) is 2.60. The SMILES string of the molecule is O=C(O)Cc1cccc(NC(=O)NCc2cccnn2)c1. The van der Waals surface area contributed by atoms with Crippen LogP contribution in [0.25, 0.3) is 0 Å². The van der Waals surface area contributed by atoms with E-state index in [0.717, 1.165) is 0 Å². The maximum Gasteiger partial charge on any atom is 0.319 e. The number of urea groups is 1. The van der Waals surface area contributed by atoms with E-state index in [2.05, 4.69) is 20.8 Å². The minimum Gasteiger partial charge on any atom is -0.481 e. The molecule has 0 saturated heterocycles. The Labute approximate surface area is 121 Å². The zero-order valence-corrected chi connectivity index (χ0v) is 11.1. The molecule has 2 rings (SSSR count). The Kier molecular flexibility index (Phi) is 4.81. The lowest BCUT2D eigenvalue weighted by Gasteiger charge is -2.08. The molecule has 2 amide bonds. The van der Waals surface area contributed by atoms with E-state index in [9.17, 15) is 9.59 Å². The van der Waals surface area contributed by atoms with E-state index in [1.807, 2.05) is 0 Å². The van der Waals surface area contributed by atoms with Gasteiger partial charge in [0.15, 0.2) is 0 Å². The summed E-state index contributed by atoms with van der Waals surface area (Å²) in [6, 6.07) is 9.78. The molecule has 21 heavy (non-hydrogen) atoms. The average Bonchev–Trinajstić information content (AvgIpc) is 2.46. The molecule has 0 aliphatic rings. The number of carbonyl (C=O) groups excluding carboxylic acids is 1. The first-order valence-electron chi connectivity index (χ1n) is 6.25. The van der Waals surface area contributed by atoms with Crippen molar-refractivity contribution in [3.8, 4) is 0 Å². The lowest BCUT2D eigenvalue weighted by Crippen LogP contribution is -2.28. The van der Waals surface area contributed by atoms with E-state index in [1.54, 1.807) is 42.6 Å². The first-order valence-corrected chi connectivity index (χ1v) is 6.25. The number of hydrogen-bond acceptors (Lipinski definition) is 4. The number of amides is 2. The second-order valence-electron chi connectivity index (χ2n) is 4.29. The van der Waals surface area contributed by atoms with Crippen molar-refractivity contribution in [2.75, 3.05) is 5.32 Å². The fourth-order valence-corrected chi connectivity index (χ4v) is 1.71. The number of rotatable bonds is 5. The Balaban J connectivity index is 1.89. The van der Waals surface area contributed by atoms with Crippen LogP contribution in [0.2, 0.25) is 0 Å². The van der Waals surface area contributed by atoms with Gasteiger partial charge in [0.25, 0.3) is 0 Å². The standard InChI is InChI=1S/C14H14N4O3/c19-13(20)8-10-3-1-4-11(7-10)17-14(21)15-9-12-5-2-6-16-18-12/h1-7H,8-9H2,(H,19,20)(H2,15,17,21). The Hall–Kier alpha value is -2.96. The minimum absolute atomic E-state index is 0.0866. The zero-order valence-electron chi connectivity index (χ0n) is 11.1. The Bertz CT molecular complexity index is 631. The number of benzene rings is 1. The fraction of sp³-hybridized carbons (Fsp3) is 0.143. The second kappa shape index (κ2) is 6.99. The summed E-state index contributed by atoms with van der Waals surface area (Å²) in [4.78, 5) is 22.4. The Morgan fingerprint density at radius 2 is 2.05 bits per heavy atom. The molecule has 0 fully saturated rings. The van der Waals surface area contributed by atoms with Crippen LogP contribution in [0, 0.1) is 0 Å². The number of anilines is 1. The summed E-state index contributed by atoms with van der Waals surface area (Å²) in [5.74, 6) is -0.917. The Morgan fingerprint density at radius 3 is 2.76 bits per heavy atom. The van der Waals surface area contributed by atoms with Crippen LogP contribution in [0.4, 0.5) is 10.5 Å². The van der Waals surface area contributed by atoms with Gasteiger partial charge < -0.3 is 15.7 Å². The van der Waals surface area contributed by atoms with Crippen LogP contribution in [0.1, 0.15) is 11.3 Å². The van der Waals surface area contributed by atoms with Crippen LogP contribution in [0.5, 0.6) is 0 Å². The van der Waals surface area contributed by atoms with Gasteiger partial charge in [-0.05, 0) is 29.8 Å². The van der Waals surface area contributed by atoms with Gasteiger partial charge in [0, 0.05) is 11.9 Å². The predicted molar refractivity (Wildman–Crippen MR) is 75.7 cm³/mol. The van der Waals surface area contributed by atoms with Gasteiger partial charge in [-0.1, -0.05) is 12.1 Å². The number of nitrogens with one attached hydrogen (secondary N) is 2. The number of aromatic nitrogens is 2. The summed E-state index contributed by atoms with van der Waals surface area (Å²) < 4.78 is 0. The predicted octanol–water partition coefficient (Wildman–Crippen LogP) is 1.43. The molecule has 7 nitrogen and oxygen atoms in total. The van der Waals surface area contributed by atoms with Crippen molar-refractivity contribution in [3.63, 3.8) is 0 Å². The molecule has 1 heterocycles. The number of hydrogen-bond donors (Lipinski definition) is 3. The summed E-state index contributed by atoms with van der Waals surface area (Å²) in [5.41, 5.74) is 1.80. The van der Waals surface area contributed by atoms with Crippen molar-refractivity contribution in [2.24, 2.45) is 0 Å². The highest BCUT2D eigenvalue weighted by Gasteiger charge is 2.05. The number of aliphatic carboxylic acids is 1. The van der Waals surface area contributed by atoms with E-state index in [-0.39, 0.29) is 13.0 Å².